The lowest BCUT2D eigenvalue weighted by molar-refractivity contribution is 0.830. The molecule has 0 aliphatic rings. The Hall–Kier alpha value is -1.26. The van der Waals surface area contributed by atoms with Crippen molar-refractivity contribution in [3.8, 4) is 11.3 Å². The third-order valence-electron chi connectivity index (χ3n) is 2.27. The molecule has 0 aliphatic carbocycles. The average Bonchev–Trinajstić information content (AvgIpc) is 2.67. The molecule has 0 spiro atoms. The largest absolute Gasteiger partial charge is 0.315 e. The van der Waals surface area contributed by atoms with Gasteiger partial charge in [-0.05, 0) is 25.6 Å². The minimum Gasteiger partial charge on any atom is -0.315 e. The fourth-order valence-corrected chi connectivity index (χ4v) is 2.28. The molecule has 0 fully saturated rings. The van der Waals surface area contributed by atoms with E-state index in [9.17, 15) is 0 Å². The number of aromatic nitrogens is 2. The van der Waals surface area contributed by atoms with Crippen LogP contribution in [0.4, 0.5) is 0 Å². The lowest BCUT2D eigenvalue weighted by Crippen LogP contribution is -2.04. The molecule has 0 bridgehead atoms. The van der Waals surface area contributed by atoms with Crippen LogP contribution < -0.4 is 5.32 Å². The van der Waals surface area contributed by atoms with Gasteiger partial charge in [-0.1, -0.05) is 0 Å². The molecule has 0 atom stereocenters. The Labute approximate surface area is 93.2 Å². The van der Waals surface area contributed by atoms with Crippen molar-refractivity contribution in [3.63, 3.8) is 0 Å². The van der Waals surface area contributed by atoms with Crippen LogP contribution in [0.3, 0.4) is 0 Å². The Morgan fingerprint density at radius 1 is 1.47 bits per heavy atom. The minimum atomic E-state index is 0.855. The Balaban J connectivity index is 2.45. The number of hydrogen-bond donors (Lipinski definition) is 1. The van der Waals surface area contributed by atoms with Crippen molar-refractivity contribution < 1.29 is 0 Å². The third-order valence-corrected chi connectivity index (χ3v) is 3.11. The second-order valence-electron chi connectivity index (χ2n) is 3.35. The molecule has 1 N–H and O–H groups in total. The molecule has 2 rings (SSSR count). The van der Waals surface area contributed by atoms with E-state index in [4.69, 9.17) is 0 Å². The summed E-state index contributed by atoms with van der Waals surface area (Å²) in [7, 11) is 1.94. The summed E-state index contributed by atoms with van der Waals surface area (Å²) < 4.78 is 0. The number of rotatable bonds is 3. The maximum Gasteiger partial charge on any atom is 0.0874 e. The van der Waals surface area contributed by atoms with E-state index in [1.807, 2.05) is 31.0 Å². The standard InChI is InChI=1S/C11H13N3S/c1-8-3-4-13-5-9(8)11-10(6-12-2)15-7-14-11/h3-5,7,12H,6H2,1-2H3. The molecule has 2 aromatic heterocycles. The number of aryl methyl sites for hydroxylation is 1. The van der Waals surface area contributed by atoms with Crippen molar-refractivity contribution in [3.05, 3.63) is 34.4 Å². The van der Waals surface area contributed by atoms with E-state index in [1.165, 1.54) is 10.4 Å². The molecule has 0 saturated heterocycles. The Kier molecular flexibility index (Phi) is 3.08. The van der Waals surface area contributed by atoms with Gasteiger partial charge < -0.3 is 5.32 Å². The first-order valence-electron chi connectivity index (χ1n) is 4.81. The van der Waals surface area contributed by atoms with Crippen LogP contribution in [-0.4, -0.2) is 17.0 Å². The quantitative estimate of drug-likeness (QED) is 0.860. The van der Waals surface area contributed by atoms with Crippen molar-refractivity contribution in [2.75, 3.05) is 7.05 Å². The molecule has 2 aromatic rings. The van der Waals surface area contributed by atoms with E-state index in [0.717, 1.165) is 17.8 Å². The van der Waals surface area contributed by atoms with Gasteiger partial charge in [0.2, 0.25) is 0 Å². The molecule has 0 aliphatic heterocycles. The van der Waals surface area contributed by atoms with Gasteiger partial charge in [0.05, 0.1) is 11.2 Å². The second-order valence-corrected chi connectivity index (χ2v) is 4.28. The molecule has 2 heterocycles. The monoisotopic (exact) mass is 219 g/mol. The van der Waals surface area contributed by atoms with Gasteiger partial charge in [-0.15, -0.1) is 11.3 Å². The first kappa shape index (κ1) is 10.3. The maximum absolute atomic E-state index is 4.40. The van der Waals surface area contributed by atoms with Gasteiger partial charge in [-0.25, -0.2) is 4.98 Å². The fraction of sp³-hybridized carbons (Fsp3) is 0.273. The predicted octanol–water partition coefficient (Wildman–Crippen LogP) is 2.23. The van der Waals surface area contributed by atoms with Crippen molar-refractivity contribution in [2.24, 2.45) is 0 Å². The Morgan fingerprint density at radius 3 is 3.07 bits per heavy atom. The smallest absolute Gasteiger partial charge is 0.0874 e. The van der Waals surface area contributed by atoms with Gasteiger partial charge in [-0.2, -0.15) is 0 Å². The molecule has 78 valence electrons. The summed E-state index contributed by atoms with van der Waals surface area (Å²) in [5.41, 5.74) is 5.28. The lowest BCUT2D eigenvalue weighted by atomic mass is 10.1. The van der Waals surface area contributed by atoms with E-state index in [-0.39, 0.29) is 0 Å². The SMILES string of the molecule is CNCc1scnc1-c1cnccc1C. The Morgan fingerprint density at radius 2 is 2.33 bits per heavy atom. The van der Waals surface area contributed by atoms with Crippen LogP contribution >= 0.6 is 11.3 Å². The van der Waals surface area contributed by atoms with Gasteiger partial charge in [0.15, 0.2) is 0 Å². The zero-order chi connectivity index (χ0) is 10.7. The normalized spacial score (nSPS) is 10.5. The van der Waals surface area contributed by atoms with E-state index in [2.05, 4.69) is 22.2 Å². The van der Waals surface area contributed by atoms with E-state index in [0.29, 0.717) is 0 Å². The highest BCUT2D eigenvalue weighted by atomic mass is 32.1. The highest BCUT2D eigenvalue weighted by molar-refractivity contribution is 7.10. The minimum absolute atomic E-state index is 0.855. The molecule has 0 radical (unpaired) electrons. The van der Waals surface area contributed by atoms with Gasteiger partial charge in [0.1, 0.15) is 0 Å². The van der Waals surface area contributed by atoms with Crippen molar-refractivity contribution in [1.82, 2.24) is 15.3 Å². The topological polar surface area (TPSA) is 37.8 Å². The first-order chi connectivity index (χ1) is 7.33. The van der Waals surface area contributed by atoms with Crippen molar-refractivity contribution >= 4 is 11.3 Å². The van der Waals surface area contributed by atoms with Crippen LogP contribution in [0.15, 0.2) is 24.0 Å². The lowest BCUT2D eigenvalue weighted by Gasteiger charge is -2.04. The predicted molar refractivity (Wildman–Crippen MR) is 62.8 cm³/mol. The van der Waals surface area contributed by atoms with Crippen LogP contribution in [-0.2, 0) is 6.54 Å². The van der Waals surface area contributed by atoms with Crippen molar-refractivity contribution in [2.45, 2.75) is 13.5 Å². The van der Waals surface area contributed by atoms with E-state index < -0.39 is 0 Å². The fourth-order valence-electron chi connectivity index (χ4n) is 1.49. The molecular weight excluding hydrogens is 206 g/mol. The summed E-state index contributed by atoms with van der Waals surface area (Å²) in [6.07, 6.45) is 3.69. The number of hydrogen-bond acceptors (Lipinski definition) is 4. The summed E-state index contributed by atoms with van der Waals surface area (Å²) >= 11 is 1.68. The molecule has 0 saturated carbocycles. The number of thiazole rings is 1. The van der Waals surface area contributed by atoms with Gasteiger partial charge >= 0.3 is 0 Å². The zero-order valence-corrected chi connectivity index (χ0v) is 9.64. The van der Waals surface area contributed by atoms with Gasteiger partial charge in [0.25, 0.3) is 0 Å². The summed E-state index contributed by atoms with van der Waals surface area (Å²) in [5, 5.41) is 3.15. The summed E-state index contributed by atoms with van der Waals surface area (Å²) in [6, 6.07) is 2.01. The van der Waals surface area contributed by atoms with Gasteiger partial charge in [-0.3, -0.25) is 4.98 Å². The number of nitrogens with zero attached hydrogens (tertiary/aromatic N) is 2. The molecule has 0 unspecified atom stereocenters. The molecular formula is C11H13N3S. The van der Waals surface area contributed by atoms with Gasteiger partial charge in [0, 0.05) is 29.4 Å². The third kappa shape index (κ3) is 2.06. The Bertz CT molecular complexity index is 451. The molecule has 3 nitrogen and oxygen atoms in total. The molecule has 4 heteroatoms. The number of nitrogens with one attached hydrogen (secondary N) is 1. The van der Waals surface area contributed by atoms with Crippen LogP contribution in [0.2, 0.25) is 0 Å². The maximum atomic E-state index is 4.40. The summed E-state index contributed by atoms with van der Waals surface area (Å²) in [5.74, 6) is 0. The van der Waals surface area contributed by atoms with Crippen LogP contribution in [0.1, 0.15) is 10.4 Å². The average molecular weight is 219 g/mol. The highest BCUT2D eigenvalue weighted by Gasteiger charge is 2.09. The molecule has 0 aromatic carbocycles. The van der Waals surface area contributed by atoms with Crippen molar-refractivity contribution in [1.29, 1.82) is 0 Å². The molecule has 15 heavy (non-hydrogen) atoms. The number of pyridine rings is 1. The summed E-state index contributed by atoms with van der Waals surface area (Å²) in [4.78, 5) is 9.81. The van der Waals surface area contributed by atoms with Crippen LogP contribution in [0, 0.1) is 6.92 Å². The second kappa shape index (κ2) is 4.51. The highest BCUT2D eigenvalue weighted by Crippen LogP contribution is 2.26. The first-order valence-corrected chi connectivity index (χ1v) is 5.69. The zero-order valence-electron chi connectivity index (χ0n) is 8.82. The van der Waals surface area contributed by atoms with E-state index >= 15 is 0 Å². The van der Waals surface area contributed by atoms with Crippen LogP contribution in [0.5, 0.6) is 0 Å². The van der Waals surface area contributed by atoms with E-state index in [1.54, 1.807) is 11.3 Å². The molecule has 0 amide bonds. The van der Waals surface area contributed by atoms with Crippen LogP contribution in [0.25, 0.3) is 11.3 Å². The summed E-state index contributed by atoms with van der Waals surface area (Å²) in [6.45, 7) is 2.94.